The SMILES string of the molecule is CN(C)CCNc1nncc(Nc2cccc(Cl)c2)n1. The van der Waals surface area contributed by atoms with Gasteiger partial charge in [-0.25, -0.2) is 0 Å². The highest BCUT2D eigenvalue weighted by atomic mass is 35.5. The lowest BCUT2D eigenvalue weighted by atomic mass is 10.3. The van der Waals surface area contributed by atoms with E-state index in [0.29, 0.717) is 16.8 Å². The third kappa shape index (κ3) is 4.64. The smallest absolute Gasteiger partial charge is 0.244 e. The van der Waals surface area contributed by atoms with Crippen molar-refractivity contribution in [3.8, 4) is 0 Å². The number of benzene rings is 1. The first-order chi connectivity index (χ1) is 9.63. The highest BCUT2D eigenvalue weighted by Gasteiger charge is 2.01. The van der Waals surface area contributed by atoms with Crippen LogP contribution in [0.25, 0.3) is 0 Å². The molecule has 1 aromatic heterocycles. The second kappa shape index (κ2) is 7.02. The Morgan fingerprint density at radius 2 is 2.15 bits per heavy atom. The van der Waals surface area contributed by atoms with Crippen LogP contribution in [0.1, 0.15) is 0 Å². The number of hydrogen-bond donors (Lipinski definition) is 2. The van der Waals surface area contributed by atoms with Crippen LogP contribution >= 0.6 is 11.6 Å². The topological polar surface area (TPSA) is 66.0 Å². The van der Waals surface area contributed by atoms with Gasteiger partial charge in [-0.3, -0.25) is 0 Å². The van der Waals surface area contributed by atoms with Crippen LogP contribution in [0.2, 0.25) is 5.02 Å². The van der Waals surface area contributed by atoms with Gasteiger partial charge in [0.25, 0.3) is 0 Å². The molecule has 7 heteroatoms. The van der Waals surface area contributed by atoms with Crippen LogP contribution in [-0.4, -0.2) is 47.3 Å². The predicted octanol–water partition coefficient (Wildman–Crippen LogP) is 2.24. The van der Waals surface area contributed by atoms with Gasteiger partial charge < -0.3 is 15.5 Å². The number of halogens is 1. The number of nitrogens with one attached hydrogen (secondary N) is 2. The molecule has 0 aliphatic carbocycles. The Morgan fingerprint density at radius 3 is 2.90 bits per heavy atom. The number of hydrogen-bond acceptors (Lipinski definition) is 6. The van der Waals surface area contributed by atoms with Crippen molar-refractivity contribution in [1.82, 2.24) is 20.1 Å². The fraction of sp³-hybridized carbons (Fsp3) is 0.308. The molecule has 2 rings (SSSR count). The van der Waals surface area contributed by atoms with Crippen LogP contribution in [0.5, 0.6) is 0 Å². The van der Waals surface area contributed by atoms with Crippen molar-refractivity contribution < 1.29 is 0 Å². The molecule has 2 aromatic rings. The fourth-order valence-electron chi connectivity index (χ4n) is 1.54. The molecule has 0 aliphatic rings. The summed E-state index contributed by atoms with van der Waals surface area (Å²) in [6.45, 7) is 1.66. The lowest BCUT2D eigenvalue weighted by molar-refractivity contribution is 0.425. The maximum absolute atomic E-state index is 5.94. The highest BCUT2D eigenvalue weighted by molar-refractivity contribution is 6.30. The van der Waals surface area contributed by atoms with E-state index in [9.17, 15) is 0 Å². The standard InChI is InChI=1S/C13H17ClN6/c1-20(2)7-6-15-13-18-12(9-16-19-13)17-11-5-3-4-10(14)8-11/h3-5,8-9H,6-7H2,1-2H3,(H2,15,17,18,19). The summed E-state index contributed by atoms with van der Waals surface area (Å²) in [5.74, 6) is 1.12. The number of likely N-dealkylation sites (N-methyl/N-ethyl adjacent to an activating group) is 1. The van der Waals surface area contributed by atoms with Crippen molar-refractivity contribution >= 4 is 29.1 Å². The van der Waals surface area contributed by atoms with E-state index in [2.05, 4.69) is 30.7 Å². The number of nitrogens with zero attached hydrogens (tertiary/aromatic N) is 4. The molecule has 20 heavy (non-hydrogen) atoms. The molecule has 0 fully saturated rings. The largest absolute Gasteiger partial charge is 0.352 e. The van der Waals surface area contributed by atoms with Crippen molar-refractivity contribution in [3.63, 3.8) is 0 Å². The number of anilines is 3. The van der Waals surface area contributed by atoms with Crippen molar-refractivity contribution in [2.75, 3.05) is 37.8 Å². The van der Waals surface area contributed by atoms with Gasteiger partial charge in [-0.2, -0.15) is 10.1 Å². The lowest BCUT2D eigenvalue weighted by Gasteiger charge is -2.10. The Balaban J connectivity index is 1.99. The molecule has 0 aliphatic heterocycles. The predicted molar refractivity (Wildman–Crippen MR) is 81.6 cm³/mol. The second-order valence-electron chi connectivity index (χ2n) is 4.53. The minimum Gasteiger partial charge on any atom is -0.352 e. The first-order valence-electron chi connectivity index (χ1n) is 6.24. The summed E-state index contributed by atoms with van der Waals surface area (Å²) in [6.07, 6.45) is 1.57. The Morgan fingerprint density at radius 1 is 1.30 bits per heavy atom. The minimum absolute atomic E-state index is 0.499. The van der Waals surface area contributed by atoms with Crippen molar-refractivity contribution in [1.29, 1.82) is 0 Å². The lowest BCUT2D eigenvalue weighted by Crippen LogP contribution is -2.21. The van der Waals surface area contributed by atoms with Gasteiger partial charge in [0, 0.05) is 23.8 Å². The monoisotopic (exact) mass is 292 g/mol. The van der Waals surface area contributed by atoms with Gasteiger partial charge in [0.2, 0.25) is 5.95 Å². The van der Waals surface area contributed by atoms with E-state index >= 15 is 0 Å². The molecule has 1 heterocycles. The molecule has 0 spiro atoms. The zero-order chi connectivity index (χ0) is 14.4. The molecule has 0 amide bonds. The zero-order valence-electron chi connectivity index (χ0n) is 11.5. The van der Waals surface area contributed by atoms with Gasteiger partial charge in [0.15, 0.2) is 5.82 Å². The van der Waals surface area contributed by atoms with Gasteiger partial charge in [0.1, 0.15) is 0 Å². The maximum atomic E-state index is 5.94. The molecular formula is C13H17ClN6. The Hall–Kier alpha value is -1.92. The summed E-state index contributed by atoms with van der Waals surface area (Å²) in [6, 6.07) is 7.42. The van der Waals surface area contributed by atoms with Crippen LogP contribution in [0.4, 0.5) is 17.5 Å². The molecule has 0 unspecified atom stereocenters. The maximum Gasteiger partial charge on any atom is 0.244 e. The van der Waals surface area contributed by atoms with Crippen LogP contribution in [0.3, 0.4) is 0 Å². The normalized spacial score (nSPS) is 10.6. The molecule has 2 N–H and O–H groups in total. The molecular weight excluding hydrogens is 276 g/mol. The van der Waals surface area contributed by atoms with E-state index in [1.807, 2.05) is 38.4 Å². The van der Waals surface area contributed by atoms with Crippen LogP contribution < -0.4 is 10.6 Å². The van der Waals surface area contributed by atoms with Gasteiger partial charge >= 0.3 is 0 Å². The van der Waals surface area contributed by atoms with Crippen LogP contribution in [0.15, 0.2) is 30.5 Å². The third-order valence-corrected chi connectivity index (χ3v) is 2.73. The Kier molecular flexibility index (Phi) is 5.09. The van der Waals surface area contributed by atoms with Crippen LogP contribution in [0, 0.1) is 0 Å². The quantitative estimate of drug-likeness (QED) is 0.851. The van der Waals surface area contributed by atoms with E-state index in [1.165, 1.54) is 0 Å². The van der Waals surface area contributed by atoms with E-state index in [1.54, 1.807) is 6.20 Å². The average molecular weight is 293 g/mol. The molecule has 106 valence electrons. The van der Waals surface area contributed by atoms with E-state index in [-0.39, 0.29) is 0 Å². The van der Waals surface area contributed by atoms with E-state index < -0.39 is 0 Å². The number of aromatic nitrogens is 3. The fourth-order valence-corrected chi connectivity index (χ4v) is 1.73. The molecule has 0 saturated heterocycles. The Bertz CT molecular complexity index is 560. The van der Waals surface area contributed by atoms with E-state index in [0.717, 1.165) is 18.8 Å². The molecule has 6 nitrogen and oxygen atoms in total. The highest BCUT2D eigenvalue weighted by Crippen LogP contribution is 2.18. The summed E-state index contributed by atoms with van der Waals surface area (Å²) < 4.78 is 0. The van der Waals surface area contributed by atoms with Gasteiger partial charge in [-0.05, 0) is 32.3 Å². The molecule has 0 bridgehead atoms. The Labute approximate surface area is 123 Å². The molecule has 0 saturated carbocycles. The van der Waals surface area contributed by atoms with Crippen molar-refractivity contribution in [2.45, 2.75) is 0 Å². The third-order valence-electron chi connectivity index (χ3n) is 2.50. The summed E-state index contributed by atoms with van der Waals surface area (Å²) in [7, 11) is 4.02. The van der Waals surface area contributed by atoms with Gasteiger partial charge in [-0.1, -0.05) is 17.7 Å². The molecule has 1 aromatic carbocycles. The van der Waals surface area contributed by atoms with Crippen LogP contribution in [-0.2, 0) is 0 Å². The number of rotatable bonds is 6. The minimum atomic E-state index is 0.499. The zero-order valence-corrected chi connectivity index (χ0v) is 12.2. The molecule has 0 atom stereocenters. The average Bonchev–Trinajstić information content (AvgIpc) is 2.39. The van der Waals surface area contributed by atoms with Crippen molar-refractivity contribution in [3.05, 3.63) is 35.5 Å². The second-order valence-corrected chi connectivity index (χ2v) is 4.97. The summed E-state index contributed by atoms with van der Waals surface area (Å²) >= 11 is 5.94. The van der Waals surface area contributed by atoms with E-state index in [4.69, 9.17) is 11.6 Å². The summed E-state index contributed by atoms with van der Waals surface area (Å²) in [5.41, 5.74) is 0.859. The van der Waals surface area contributed by atoms with Gasteiger partial charge in [0.05, 0.1) is 6.20 Å². The van der Waals surface area contributed by atoms with Crippen molar-refractivity contribution in [2.24, 2.45) is 0 Å². The first-order valence-corrected chi connectivity index (χ1v) is 6.62. The first kappa shape index (κ1) is 14.5. The molecule has 0 radical (unpaired) electrons. The summed E-state index contributed by atoms with van der Waals surface area (Å²) in [5, 5.41) is 14.8. The van der Waals surface area contributed by atoms with Gasteiger partial charge in [-0.15, -0.1) is 5.10 Å². The summed E-state index contributed by atoms with van der Waals surface area (Å²) in [4.78, 5) is 6.41.